The van der Waals surface area contributed by atoms with E-state index in [1.54, 1.807) is 31.6 Å². The smallest absolute Gasteiger partial charge is 0.225 e. The molecule has 0 fully saturated rings. The molecule has 1 aromatic heterocycles. The summed E-state index contributed by atoms with van der Waals surface area (Å²) in [6, 6.07) is 16.8. The van der Waals surface area contributed by atoms with E-state index in [1.165, 1.54) is 12.1 Å². The fraction of sp³-hybridized carbons (Fsp3) is 0.143. The first kappa shape index (κ1) is 17.6. The summed E-state index contributed by atoms with van der Waals surface area (Å²) >= 11 is 0. The Morgan fingerprint density at radius 1 is 1.04 bits per heavy atom. The molecule has 4 nitrogen and oxygen atoms in total. The maximum absolute atomic E-state index is 13.3. The lowest BCUT2D eigenvalue weighted by Gasteiger charge is -2.20. The minimum atomic E-state index is -0.388. The number of halogens is 1. The maximum atomic E-state index is 13.3. The van der Waals surface area contributed by atoms with Crippen molar-refractivity contribution < 1.29 is 13.9 Å². The van der Waals surface area contributed by atoms with Crippen molar-refractivity contribution in [3.63, 3.8) is 0 Å². The summed E-state index contributed by atoms with van der Waals surface area (Å²) in [6.45, 7) is 0. The van der Waals surface area contributed by atoms with Gasteiger partial charge in [0, 0.05) is 18.0 Å². The Bertz CT molecular complexity index is 867. The second-order valence-electron chi connectivity index (χ2n) is 5.82. The molecule has 0 saturated heterocycles. The monoisotopic (exact) mass is 350 g/mol. The molecule has 132 valence electrons. The van der Waals surface area contributed by atoms with Gasteiger partial charge in [-0.25, -0.2) is 4.39 Å². The topological polar surface area (TPSA) is 51.2 Å². The number of nitrogens with one attached hydrogen (secondary N) is 1. The zero-order valence-corrected chi connectivity index (χ0v) is 14.4. The van der Waals surface area contributed by atoms with Gasteiger partial charge in [-0.1, -0.05) is 30.3 Å². The average Bonchev–Trinajstić information content (AvgIpc) is 2.68. The number of nitrogens with zero attached hydrogens (tertiary/aromatic N) is 1. The van der Waals surface area contributed by atoms with Crippen LogP contribution in [-0.2, 0) is 11.2 Å². The summed E-state index contributed by atoms with van der Waals surface area (Å²) in [5, 5.41) is 3.02. The zero-order chi connectivity index (χ0) is 18.4. The molecule has 26 heavy (non-hydrogen) atoms. The van der Waals surface area contributed by atoms with Crippen LogP contribution in [0.4, 0.5) is 4.39 Å². The molecule has 0 bridgehead atoms. The van der Waals surface area contributed by atoms with Crippen LogP contribution in [0.15, 0.2) is 73.1 Å². The van der Waals surface area contributed by atoms with E-state index in [0.717, 1.165) is 16.7 Å². The third-order valence-electron chi connectivity index (χ3n) is 4.09. The van der Waals surface area contributed by atoms with E-state index in [2.05, 4.69) is 10.3 Å². The number of carbonyl (C=O) groups is 1. The van der Waals surface area contributed by atoms with Crippen molar-refractivity contribution in [2.45, 2.75) is 12.5 Å². The first-order chi connectivity index (χ1) is 12.7. The highest BCUT2D eigenvalue weighted by Crippen LogP contribution is 2.23. The van der Waals surface area contributed by atoms with Crippen LogP contribution in [0.5, 0.6) is 5.75 Å². The third kappa shape index (κ3) is 4.25. The highest BCUT2D eigenvalue weighted by molar-refractivity contribution is 5.80. The number of methoxy groups -OCH3 is 1. The van der Waals surface area contributed by atoms with Crippen LogP contribution in [0.3, 0.4) is 0 Å². The molecule has 1 N–H and O–H groups in total. The van der Waals surface area contributed by atoms with Crippen molar-refractivity contribution >= 4 is 5.91 Å². The summed E-state index contributed by atoms with van der Waals surface area (Å²) in [7, 11) is 1.58. The lowest BCUT2D eigenvalue weighted by molar-refractivity contribution is -0.121. The zero-order valence-electron chi connectivity index (χ0n) is 14.4. The quantitative estimate of drug-likeness (QED) is 0.738. The summed E-state index contributed by atoms with van der Waals surface area (Å²) in [5.74, 6) is 0.202. The van der Waals surface area contributed by atoms with Gasteiger partial charge in [0.05, 0.1) is 19.6 Å². The molecule has 3 aromatic rings. The van der Waals surface area contributed by atoms with Gasteiger partial charge in [0.15, 0.2) is 0 Å². The normalized spacial score (nSPS) is 11.6. The number of hydrogen-bond donors (Lipinski definition) is 1. The number of para-hydroxylation sites is 1. The van der Waals surface area contributed by atoms with Crippen molar-refractivity contribution in [1.29, 1.82) is 0 Å². The van der Waals surface area contributed by atoms with Gasteiger partial charge in [0.1, 0.15) is 11.6 Å². The Morgan fingerprint density at radius 3 is 2.38 bits per heavy atom. The highest BCUT2D eigenvalue weighted by atomic mass is 19.1. The lowest BCUT2D eigenvalue weighted by atomic mass is 9.99. The van der Waals surface area contributed by atoms with Gasteiger partial charge in [0.2, 0.25) is 5.91 Å². The molecular formula is C21H19FN2O2. The van der Waals surface area contributed by atoms with E-state index in [9.17, 15) is 9.18 Å². The van der Waals surface area contributed by atoms with Crippen molar-refractivity contribution in [2.24, 2.45) is 0 Å². The number of ether oxygens (including phenoxy) is 1. The Labute approximate surface area is 151 Å². The first-order valence-electron chi connectivity index (χ1n) is 8.24. The molecule has 0 aliphatic carbocycles. The predicted molar refractivity (Wildman–Crippen MR) is 97.3 cm³/mol. The molecule has 0 spiro atoms. The molecule has 1 atom stereocenters. The Hall–Kier alpha value is -3.21. The van der Waals surface area contributed by atoms with Gasteiger partial charge in [-0.05, 0) is 41.5 Å². The summed E-state index contributed by atoms with van der Waals surface area (Å²) in [4.78, 5) is 16.7. The number of aromatic nitrogens is 1. The lowest BCUT2D eigenvalue weighted by Crippen LogP contribution is -2.30. The molecule has 1 unspecified atom stereocenters. The molecule has 2 aromatic carbocycles. The Kier molecular flexibility index (Phi) is 5.59. The van der Waals surface area contributed by atoms with E-state index in [0.29, 0.717) is 5.75 Å². The van der Waals surface area contributed by atoms with Crippen LogP contribution in [0.2, 0.25) is 0 Å². The van der Waals surface area contributed by atoms with Crippen molar-refractivity contribution in [3.05, 3.63) is 95.6 Å². The largest absolute Gasteiger partial charge is 0.496 e. The molecule has 1 heterocycles. The molecular weight excluding hydrogens is 331 g/mol. The summed E-state index contributed by atoms with van der Waals surface area (Å²) in [5.41, 5.74) is 2.48. The van der Waals surface area contributed by atoms with Gasteiger partial charge < -0.3 is 10.1 Å². The van der Waals surface area contributed by atoms with Crippen molar-refractivity contribution in [2.75, 3.05) is 7.11 Å². The second kappa shape index (κ2) is 8.25. The molecule has 0 aliphatic heterocycles. The van der Waals surface area contributed by atoms with Crippen LogP contribution >= 0.6 is 0 Å². The van der Waals surface area contributed by atoms with Crippen LogP contribution < -0.4 is 10.1 Å². The van der Waals surface area contributed by atoms with E-state index < -0.39 is 0 Å². The van der Waals surface area contributed by atoms with Crippen LogP contribution in [-0.4, -0.2) is 18.0 Å². The number of pyridine rings is 1. The standard InChI is InChI=1S/C21H19FN2O2/c1-26-19-5-3-2-4-17(19)14-20(25)24-21(16-10-12-23-13-11-16)15-6-8-18(22)9-7-15/h2-13,21H,14H2,1H3,(H,24,25). The number of hydrogen-bond acceptors (Lipinski definition) is 3. The summed E-state index contributed by atoms with van der Waals surface area (Å²) in [6.07, 6.45) is 3.52. The number of rotatable bonds is 6. The first-order valence-corrected chi connectivity index (χ1v) is 8.24. The Morgan fingerprint density at radius 2 is 1.69 bits per heavy atom. The van der Waals surface area contributed by atoms with Crippen LogP contribution in [0.1, 0.15) is 22.7 Å². The molecule has 0 aliphatic rings. The van der Waals surface area contributed by atoms with E-state index in [1.807, 2.05) is 36.4 Å². The van der Waals surface area contributed by atoms with Gasteiger partial charge in [0.25, 0.3) is 0 Å². The SMILES string of the molecule is COc1ccccc1CC(=O)NC(c1ccncc1)c1ccc(F)cc1. The second-order valence-corrected chi connectivity index (χ2v) is 5.82. The third-order valence-corrected chi connectivity index (χ3v) is 4.09. The van der Waals surface area contributed by atoms with Crippen molar-refractivity contribution in [1.82, 2.24) is 10.3 Å². The minimum absolute atomic E-state index is 0.152. The molecule has 1 amide bonds. The predicted octanol–water partition coefficient (Wildman–Crippen LogP) is 3.68. The number of benzene rings is 2. The van der Waals surface area contributed by atoms with E-state index >= 15 is 0 Å². The average molecular weight is 350 g/mol. The summed E-state index contributed by atoms with van der Waals surface area (Å²) < 4.78 is 18.6. The van der Waals surface area contributed by atoms with Crippen molar-refractivity contribution in [3.8, 4) is 5.75 Å². The van der Waals surface area contributed by atoms with Crippen LogP contribution in [0, 0.1) is 5.82 Å². The fourth-order valence-corrected chi connectivity index (χ4v) is 2.80. The Balaban J connectivity index is 1.83. The van der Waals surface area contributed by atoms with Gasteiger partial charge >= 0.3 is 0 Å². The highest BCUT2D eigenvalue weighted by Gasteiger charge is 2.18. The maximum Gasteiger partial charge on any atom is 0.225 e. The van der Waals surface area contributed by atoms with Gasteiger partial charge in [-0.3, -0.25) is 9.78 Å². The minimum Gasteiger partial charge on any atom is -0.496 e. The van der Waals surface area contributed by atoms with Gasteiger partial charge in [-0.2, -0.15) is 0 Å². The molecule has 3 rings (SSSR count). The molecule has 0 saturated carbocycles. The molecule has 5 heteroatoms. The van der Waals surface area contributed by atoms with E-state index in [-0.39, 0.29) is 24.2 Å². The number of amides is 1. The molecule has 0 radical (unpaired) electrons. The van der Waals surface area contributed by atoms with E-state index in [4.69, 9.17) is 4.74 Å². The van der Waals surface area contributed by atoms with Crippen LogP contribution in [0.25, 0.3) is 0 Å². The van der Waals surface area contributed by atoms with Gasteiger partial charge in [-0.15, -0.1) is 0 Å². The number of carbonyl (C=O) groups excluding carboxylic acids is 1. The fourth-order valence-electron chi connectivity index (χ4n) is 2.80.